The van der Waals surface area contributed by atoms with Crippen molar-refractivity contribution in [2.24, 2.45) is 0 Å². The van der Waals surface area contributed by atoms with Gasteiger partial charge in [0.05, 0.1) is 5.69 Å². The maximum absolute atomic E-state index is 11.6. The molecule has 1 heterocycles. The van der Waals surface area contributed by atoms with Crippen LogP contribution in [0.2, 0.25) is 5.02 Å². The molecular weight excluding hydrogens is 260 g/mol. The van der Waals surface area contributed by atoms with Gasteiger partial charge in [0.25, 0.3) is 5.56 Å². The number of aromatic carboxylic acids is 1. The van der Waals surface area contributed by atoms with E-state index in [1.807, 2.05) is 4.98 Å². The largest absolute Gasteiger partial charge is 0.477 e. The first-order valence-corrected chi connectivity index (χ1v) is 5.22. The summed E-state index contributed by atoms with van der Waals surface area (Å²) in [5.74, 6) is -1.41. The van der Waals surface area contributed by atoms with Crippen LogP contribution in [0.3, 0.4) is 0 Å². The van der Waals surface area contributed by atoms with E-state index in [1.165, 1.54) is 6.07 Å². The zero-order valence-corrected chi connectivity index (χ0v) is 9.64. The lowest BCUT2D eigenvalue weighted by Crippen LogP contribution is -2.32. The van der Waals surface area contributed by atoms with Crippen molar-refractivity contribution < 1.29 is 9.90 Å². The number of carboxylic acid groups (broad SMARTS) is 1. The predicted molar refractivity (Wildman–Crippen MR) is 64.6 cm³/mol. The minimum atomic E-state index is -1.41. The van der Waals surface area contributed by atoms with Gasteiger partial charge in [0.2, 0.25) is 0 Å². The number of H-pyrrole nitrogens is 1. The van der Waals surface area contributed by atoms with Crippen molar-refractivity contribution in [2.75, 3.05) is 0 Å². The van der Waals surface area contributed by atoms with Crippen LogP contribution in [0.5, 0.6) is 0 Å². The molecule has 0 aliphatic carbocycles. The van der Waals surface area contributed by atoms with Crippen LogP contribution >= 0.6 is 11.6 Å². The molecule has 0 unspecified atom stereocenters. The molecular formula is C11H7ClN2O4. The Morgan fingerprint density at radius 3 is 2.67 bits per heavy atom. The third kappa shape index (κ3) is 2.18. The van der Waals surface area contributed by atoms with Gasteiger partial charge < -0.3 is 5.11 Å². The molecule has 92 valence electrons. The summed E-state index contributed by atoms with van der Waals surface area (Å²) in [6.45, 7) is 0. The summed E-state index contributed by atoms with van der Waals surface area (Å²) < 4.78 is 1.01. The molecule has 0 aliphatic heterocycles. The van der Waals surface area contributed by atoms with E-state index in [0.717, 1.165) is 10.8 Å². The van der Waals surface area contributed by atoms with E-state index < -0.39 is 22.8 Å². The number of aromatic amines is 1. The molecule has 6 nitrogen and oxygen atoms in total. The Kier molecular flexibility index (Phi) is 3.03. The minimum absolute atomic E-state index is 0.367. The summed E-state index contributed by atoms with van der Waals surface area (Å²) in [5.41, 5.74) is -1.82. The number of halogens is 1. The van der Waals surface area contributed by atoms with Crippen LogP contribution in [0.4, 0.5) is 0 Å². The molecule has 0 amide bonds. The molecule has 0 bridgehead atoms. The second-order valence-corrected chi connectivity index (χ2v) is 3.89. The molecule has 0 aliphatic rings. The summed E-state index contributed by atoms with van der Waals surface area (Å²) in [6, 6.07) is 6.26. The molecule has 0 radical (unpaired) electrons. The summed E-state index contributed by atoms with van der Waals surface area (Å²) >= 11 is 5.78. The minimum Gasteiger partial charge on any atom is -0.477 e. The van der Waals surface area contributed by atoms with Crippen LogP contribution in [0.15, 0.2) is 40.1 Å². The highest BCUT2D eigenvalue weighted by molar-refractivity contribution is 6.30. The Hall–Kier alpha value is -2.34. The van der Waals surface area contributed by atoms with Gasteiger partial charge in [-0.2, -0.15) is 0 Å². The number of carbonyl (C=O) groups is 1. The number of benzene rings is 1. The predicted octanol–water partition coefficient (Wildman–Crippen LogP) is 0.877. The highest BCUT2D eigenvalue weighted by atomic mass is 35.5. The normalized spacial score (nSPS) is 10.3. The summed E-state index contributed by atoms with van der Waals surface area (Å²) in [4.78, 5) is 35.6. The van der Waals surface area contributed by atoms with Gasteiger partial charge in [-0.05, 0) is 18.2 Å². The summed E-state index contributed by atoms with van der Waals surface area (Å²) in [5, 5.41) is 9.21. The fraction of sp³-hybridized carbons (Fsp3) is 0. The Morgan fingerprint density at radius 2 is 2.06 bits per heavy atom. The van der Waals surface area contributed by atoms with Gasteiger partial charge in [-0.3, -0.25) is 14.3 Å². The number of carboxylic acids is 1. The van der Waals surface area contributed by atoms with E-state index in [1.54, 1.807) is 18.2 Å². The van der Waals surface area contributed by atoms with Crippen molar-refractivity contribution in [2.45, 2.75) is 0 Å². The fourth-order valence-corrected chi connectivity index (χ4v) is 1.63. The zero-order chi connectivity index (χ0) is 13.3. The summed E-state index contributed by atoms with van der Waals surface area (Å²) in [6.07, 6.45) is 0.967. The fourth-order valence-electron chi connectivity index (χ4n) is 1.44. The van der Waals surface area contributed by atoms with Gasteiger partial charge in [-0.25, -0.2) is 9.59 Å². The van der Waals surface area contributed by atoms with Crippen LogP contribution in [0, 0.1) is 0 Å². The second kappa shape index (κ2) is 4.50. The van der Waals surface area contributed by atoms with Crippen molar-refractivity contribution in [1.82, 2.24) is 9.55 Å². The first-order valence-electron chi connectivity index (χ1n) is 4.84. The third-order valence-corrected chi connectivity index (χ3v) is 2.49. The summed E-state index contributed by atoms with van der Waals surface area (Å²) in [7, 11) is 0. The maximum Gasteiger partial charge on any atom is 0.342 e. The highest BCUT2D eigenvalue weighted by Crippen LogP contribution is 2.12. The van der Waals surface area contributed by atoms with Crippen LogP contribution in [-0.4, -0.2) is 20.6 Å². The van der Waals surface area contributed by atoms with Crippen molar-refractivity contribution in [3.05, 3.63) is 61.9 Å². The van der Waals surface area contributed by atoms with Crippen molar-refractivity contribution in [3.63, 3.8) is 0 Å². The zero-order valence-electron chi connectivity index (χ0n) is 8.88. The first kappa shape index (κ1) is 12.1. The Balaban J connectivity index is 2.72. The van der Waals surface area contributed by atoms with Gasteiger partial charge in [-0.15, -0.1) is 0 Å². The van der Waals surface area contributed by atoms with E-state index >= 15 is 0 Å². The molecule has 0 fully saturated rings. The molecule has 0 spiro atoms. The highest BCUT2D eigenvalue weighted by Gasteiger charge is 2.12. The van der Waals surface area contributed by atoms with Gasteiger partial charge >= 0.3 is 11.7 Å². The van der Waals surface area contributed by atoms with E-state index in [4.69, 9.17) is 16.7 Å². The topological polar surface area (TPSA) is 92.2 Å². The lowest BCUT2D eigenvalue weighted by atomic mass is 10.3. The Morgan fingerprint density at radius 1 is 1.33 bits per heavy atom. The van der Waals surface area contributed by atoms with Crippen molar-refractivity contribution in [1.29, 1.82) is 0 Å². The van der Waals surface area contributed by atoms with E-state index in [0.29, 0.717) is 10.7 Å². The lowest BCUT2D eigenvalue weighted by molar-refractivity contribution is 0.0694. The standard InChI is InChI=1S/C11H7ClN2O4/c12-6-2-1-3-7(4-6)14-5-8(10(16)17)9(15)13-11(14)18/h1-5H,(H,16,17)(H,13,15,18). The molecule has 7 heteroatoms. The number of nitrogens with zero attached hydrogens (tertiary/aromatic N) is 1. The molecule has 18 heavy (non-hydrogen) atoms. The van der Waals surface area contributed by atoms with Gasteiger partial charge in [0, 0.05) is 11.2 Å². The van der Waals surface area contributed by atoms with Crippen LogP contribution in [0.1, 0.15) is 10.4 Å². The van der Waals surface area contributed by atoms with E-state index in [2.05, 4.69) is 0 Å². The lowest BCUT2D eigenvalue weighted by Gasteiger charge is -2.05. The average molecular weight is 267 g/mol. The molecule has 2 rings (SSSR count). The van der Waals surface area contributed by atoms with Crippen LogP contribution in [-0.2, 0) is 0 Å². The van der Waals surface area contributed by atoms with E-state index in [9.17, 15) is 14.4 Å². The molecule has 0 saturated heterocycles. The quantitative estimate of drug-likeness (QED) is 0.844. The number of hydrogen-bond donors (Lipinski definition) is 2. The third-order valence-electron chi connectivity index (χ3n) is 2.26. The van der Waals surface area contributed by atoms with Gasteiger partial charge in [-0.1, -0.05) is 17.7 Å². The number of nitrogens with one attached hydrogen (secondary N) is 1. The number of hydrogen-bond acceptors (Lipinski definition) is 3. The van der Waals surface area contributed by atoms with Gasteiger partial charge in [0.15, 0.2) is 0 Å². The molecule has 0 saturated carbocycles. The van der Waals surface area contributed by atoms with Crippen LogP contribution < -0.4 is 11.2 Å². The van der Waals surface area contributed by atoms with Crippen LogP contribution in [0.25, 0.3) is 5.69 Å². The molecule has 2 N–H and O–H groups in total. The first-order chi connectivity index (χ1) is 8.49. The second-order valence-electron chi connectivity index (χ2n) is 3.46. The average Bonchev–Trinajstić information content (AvgIpc) is 2.28. The van der Waals surface area contributed by atoms with Crippen molar-refractivity contribution in [3.8, 4) is 5.69 Å². The monoisotopic (exact) mass is 266 g/mol. The van der Waals surface area contributed by atoms with Gasteiger partial charge in [0.1, 0.15) is 5.56 Å². The maximum atomic E-state index is 11.6. The molecule has 2 aromatic rings. The van der Waals surface area contributed by atoms with Crippen molar-refractivity contribution >= 4 is 17.6 Å². The molecule has 1 aromatic heterocycles. The van der Waals surface area contributed by atoms with E-state index in [-0.39, 0.29) is 0 Å². The molecule has 1 aromatic carbocycles. The number of rotatable bonds is 2. The molecule has 0 atom stereocenters. The SMILES string of the molecule is O=C(O)c1cn(-c2cccc(Cl)c2)c(=O)[nH]c1=O. The number of aromatic nitrogens is 2. The Labute approximate surface area is 105 Å². The Bertz CT molecular complexity index is 732. The smallest absolute Gasteiger partial charge is 0.342 e.